The van der Waals surface area contributed by atoms with Crippen LogP contribution in [0, 0.1) is 0 Å². The minimum absolute atomic E-state index is 0.185. The van der Waals surface area contributed by atoms with E-state index in [4.69, 9.17) is 4.74 Å². The Kier molecular flexibility index (Phi) is 6.15. The molecule has 3 aromatic rings. The maximum absolute atomic E-state index is 12.3. The molecule has 1 atom stereocenters. The number of nitrogens with zero attached hydrogens (tertiary/aromatic N) is 1. The fourth-order valence-corrected chi connectivity index (χ4v) is 2.94. The van der Waals surface area contributed by atoms with Gasteiger partial charge in [0, 0.05) is 23.9 Å². The molecular weight excluding hydrogens is 340 g/mol. The van der Waals surface area contributed by atoms with Crippen LogP contribution in [0.1, 0.15) is 17.7 Å². The number of fused-ring (bicyclic) bond motifs is 1. The summed E-state index contributed by atoms with van der Waals surface area (Å²) in [7, 11) is 1.32. The van der Waals surface area contributed by atoms with Crippen molar-refractivity contribution in [2.75, 3.05) is 7.11 Å². The number of pyridine rings is 1. The Labute approximate surface area is 158 Å². The smallest absolute Gasteiger partial charge is 0.328 e. The molecule has 5 nitrogen and oxygen atoms in total. The molecule has 1 N–H and O–H groups in total. The van der Waals surface area contributed by atoms with Crippen LogP contribution < -0.4 is 5.32 Å². The van der Waals surface area contributed by atoms with E-state index in [0.29, 0.717) is 12.8 Å². The molecule has 0 saturated carbocycles. The summed E-state index contributed by atoms with van der Waals surface area (Å²) in [5.74, 6) is -0.659. The predicted molar refractivity (Wildman–Crippen MR) is 104 cm³/mol. The van der Waals surface area contributed by atoms with Crippen molar-refractivity contribution in [1.82, 2.24) is 10.3 Å². The highest BCUT2D eigenvalue weighted by atomic mass is 16.5. The molecule has 0 spiro atoms. The van der Waals surface area contributed by atoms with Crippen LogP contribution in [0.3, 0.4) is 0 Å². The number of carbonyl (C=O) groups excluding carboxylic acids is 2. The number of para-hydroxylation sites is 1. The van der Waals surface area contributed by atoms with Crippen molar-refractivity contribution < 1.29 is 14.3 Å². The van der Waals surface area contributed by atoms with Gasteiger partial charge in [0.25, 0.3) is 0 Å². The summed E-state index contributed by atoms with van der Waals surface area (Å²) in [5.41, 5.74) is 2.67. The van der Waals surface area contributed by atoms with E-state index < -0.39 is 12.0 Å². The van der Waals surface area contributed by atoms with Gasteiger partial charge in [-0.3, -0.25) is 9.78 Å². The highest BCUT2D eigenvalue weighted by Gasteiger charge is 2.22. The Morgan fingerprint density at radius 1 is 1.00 bits per heavy atom. The van der Waals surface area contributed by atoms with E-state index in [1.54, 1.807) is 0 Å². The van der Waals surface area contributed by atoms with Gasteiger partial charge in [-0.25, -0.2) is 4.79 Å². The van der Waals surface area contributed by atoms with Gasteiger partial charge >= 0.3 is 5.97 Å². The lowest BCUT2D eigenvalue weighted by Gasteiger charge is -2.16. The number of methoxy groups -OCH3 is 1. The first kappa shape index (κ1) is 18.6. The number of amides is 1. The molecule has 5 heteroatoms. The molecule has 0 unspecified atom stereocenters. The van der Waals surface area contributed by atoms with Gasteiger partial charge in [-0.2, -0.15) is 0 Å². The van der Waals surface area contributed by atoms with E-state index in [1.807, 2.05) is 66.7 Å². The number of aryl methyl sites for hydroxylation is 1. The number of benzene rings is 2. The maximum atomic E-state index is 12.3. The van der Waals surface area contributed by atoms with Crippen molar-refractivity contribution in [1.29, 1.82) is 0 Å². The third-order valence-corrected chi connectivity index (χ3v) is 4.37. The molecule has 138 valence electrons. The van der Waals surface area contributed by atoms with Gasteiger partial charge in [0.2, 0.25) is 5.91 Å². The summed E-state index contributed by atoms with van der Waals surface area (Å²) in [5, 5.41) is 3.81. The predicted octanol–water partition coefficient (Wildman–Crippen LogP) is 3.07. The summed E-state index contributed by atoms with van der Waals surface area (Å²) in [6.07, 6.45) is 1.21. The standard InChI is InChI=1S/C22H22N2O3/c1-27-22(26)20(24-21(25)14-11-16-7-3-2-4-8-16)15-18-13-12-17-9-5-6-10-19(17)23-18/h2-10,12-13,20H,11,14-15H2,1H3,(H,24,25)/t20-/m1/s1. The number of esters is 1. The molecule has 1 amide bonds. The molecular formula is C22H22N2O3. The van der Waals surface area contributed by atoms with Crippen LogP contribution in [-0.4, -0.2) is 30.0 Å². The van der Waals surface area contributed by atoms with Gasteiger partial charge in [0.1, 0.15) is 6.04 Å². The molecule has 0 aliphatic carbocycles. The lowest BCUT2D eigenvalue weighted by molar-refractivity contribution is -0.145. The average molecular weight is 362 g/mol. The average Bonchev–Trinajstić information content (AvgIpc) is 2.72. The second kappa shape index (κ2) is 8.94. The van der Waals surface area contributed by atoms with Crippen molar-refractivity contribution >= 4 is 22.8 Å². The lowest BCUT2D eigenvalue weighted by Crippen LogP contribution is -2.43. The van der Waals surface area contributed by atoms with E-state index in [0.717, 1.165) is 22.2 Å². The number of carbonyl (C=O) groups is 2. The quantitative estimate of drug-likeness (QED) is 0.656. The topological polar surface area (TPSA) is 68.3 Å². The second-order valence-corrected chi connectivity index (χ2v) is 6.33. The lowest BCUT2D eigenvalue weighted by atomic mass is 10.1. The zero-order valence-corrected chi connectivity index (χ0v) is 15.2. The van der Waals surface area contributed by atoms with E-state index in [1.165, 1.54) is 7.11 Å². The normalized spacial score (nSPS) is 11.7. The fourth-order valence-electron chi connectivity index (χ4n) is 2.94. The molecule has 0 bridgehead atoms. The van der Waals surface area contributed by atoms with Gasteiger partial charge in [-0.15, -0.1) is 0 Å². The van der Waals surface area contributed by atoms with E-state index in [-0.39, 0.29) is 12.3 Å². The summed E-state index contributed by atoms with van der Waals surface area (Å²) in [6.45, 7) is 0. The van der Waals surface area contributed by atoms with Gasteiger partial charge < -0.3 is 10.1 Å². The molecule has 0 aliphatic rings. The van der Waals surface area contributed by atoms with Crippen LogP contribution in [0.15, 0.2) is 66.7 Å². The van der Waals surface area contributed by atoms with Crippen LogP contribution in [-0.2, 0) is 27.2 Å². The van der Waals surface area contributed by atoms with Gasteiger partial charge in [0.05, 0.1) is 12.6 Å². The van der Waals surface area contributed by atoms with Crippen molar-refractivity contribution in [2.45, 2.75) is 25.3 Å². The van der Waals surface area contributed by atoms with Gasteiger partial charge in [-0.1, -0.05) is 54.6 Å². The van der Waals surface area contributed by atoms with E-state index in [9.17, 15) is 9.59 Å². The summed E-state index contributed by atoms with van der Waals surface area (Å²) in [6, 6.07) is 20.6. The van der Waals surface area contributed by atoms with Crippen molar-refractivity contribution in [3.05, 3.63) is 78.0 Å². The first-order valence-electron chi connectivity index (χ1n) is 8.91. The van der Waals surface area contributed by atoms with Crippen LogP contribution in [0.4, 0.5) is 0 Å². The SMILES string of the molecule is COC(=O)[C@@H](Cc1ccc2ccccc2n1)NC(=O)CCc1ccccc1. The minimum Gasteiger partial charge on any atom is -0.467 e. The van der Waals surface area contributed by atoms with E-state index >= 15 is 0 Å². The minimum atomic E-state index is -0.757. The highest BCUT2D eigenvalue weighted by Crippen LogP contribution is 2.13. The number of hydrogen-bond acceptors (Lipinski definition) is 4. The molecule has 1 aromatic heterocycles. The Morgan fingerprint density at radius 3 is 2.52 bits per heavy atom. The Morgan fingerprint density at radius 2 is 1.74 bits per heavy atom. The summed E-state index contributed by atoms with van der Waals surface area (Å²) in [4.78, 5) is 29.0. The molecule has 2 aromatic carbocycles. The number of rotatable bonds is 7. The zero-order chi connectivity index (χ0) is 19.1. The summed E-state index contributed by atoms with van der Waals surface area (Å²) < 4.78 is 4.85. The third kappa shape index (κ3) is 5.14. The third-order valence-electron chi connectivity index (χ3n) is 4.37. The Hall–Kier alpha value is -3.21. The number of hydrogen-bond donors (Lipinski definition) is 1. The molecule has 27 heavy (non-hydrogen) atoms. The Bertz CT molecular complexity index is 925. The van der Waals surface area contributed by atoms with Crippen LogP contribution in [0.2, 0.25) is 0 Å². The van der Waals surface area contributed by atoms with Crippen LogP contribution >= 0.6 is 0 Å². The summed E-state index contributed by atoms with van der Waals surface area (Å²) >= 11 is 0. The molecule has 1 heterocycles. The Balaban J connectivity index is 1.65. The van der Waals surface area contributed by atoms with Crippen LogP contribution in [0.25, 0.3) is 10.9 Å². The first-order valence-corrected chi connectivity index (χ1v) is 8.91. The van der Waals surface area contributed by atoms with Crippen molar-refractivity contribution in [3.8, 4) is 0 Å². The van der Waals surface area contributed by atoms with Crippen molar-refractivity contribution in [2.24, 2.45) is 0 Å². The molecule has 0 aliphatic heterocycles. The fraction of sp³-hybridized carbons (Fsp3) is 0.227. The van der Waals surface area contributed by atoms with Crippen molar-refractivity contribution in [3.63, 3.8) is 0 Å². The zero-order valence-electron chi connectivity index (χ0n) is 15.2. The maximum Gasteiger partial charge on any atom is 0.328 e. The molecule has 0 fully saturated rings. The number of nitrogens with one attached hydrogen (secondary N) is 1. The van der Waals surface area contributed by atoms with Gasteiger partial charge in [-0.05, 0) is 24.1 Å². The molecule has 0 saturated heterocycles. The van der Waals surface area contributed by atoms with Gasteiger partial charge in [0.15, 0.2) is 0 Å². The number of ether oxygens (including phenoxy) is 1. The number of aromatic nitrogens is 1. The molecule has 3 rings (SSSR count). The monoisotopic (exact) mass is 362 g/mol. The van der Waals surface area contributed by atoms with E-state index in [2.05, 4.69) is 10.3 Å². The van der Waals surface area contributed by atoms with Crippen LogP contribution in [0.5, 0.6) is 0 Å². The highest BCUT2D eigenvalue weighted by molar-refractivity contribution is 5.85. The first-order chi connectivity index (χ1) is 13.2. The molecule has 0 radical (unpaired) electrons. The second-order valence-electron chi connectivity index (χ2n) is 6.33. The largest absolute Gasteiger partial charge is 0.467 e.